The van der Waals surface area contributed by atoms with E-state index in [9.17, 15) is 8.78 Å². The molecule has 0 saturated carbocycles. The highest BCUT2D eigenvalue weighted by Gasteiger charge is 2.08. The molecule has 96 valence electrons. The van der Waals surface area contributed by atoms with E-state index in [-0.39, 0.29) is 5.69 Å². The lowest BCUT2D eigenvalue weighted by molar-refractivity contribution is 0.593. The molecule has 0 aliphatic rings. The first-order valence-corrected chi connectivity index (χ1v) is 5.81. The largest absolute Gasteiger partial charge is 0.375 e. The number of anilines is 1. The third-order valence-electron chi connectivity index (χ3n) is 2.83. The van der Waals surface area contributed by atoms with Crippen molar-refractivity contribution in [2.45, 2.75) is 26.9 Å². The first-order valence-electron chi connectivity index (χ1n) is 5.81. The van der Waals surface area contributed by atoms with Crippen LogP contribution in [0.1, 0.15) is 18.3 Å². The molecule has 3 nitrogen and oxygen atoms in total. The highest BCUT2D eigenvalue weighted by molar-refractivity contribution is 5.46. The van der Waals surface area contributed by atoms with E-state index < -0.39 is 11.6 Å². The van der Waals surface area contributed by atoms with Gasteiger partial charge in [-0.3, -0.25) is 0 Å². The van der Waals surface area contributed by atoms with E-state index in [1.54, 1.807) is 6.20 Å². The van der Waals surface area contributed by atoms with Crippen LogP contribution in [0.15, 0.2) is 24.5 Å². The molecule has 0 radical (unpaired) electrons. The number of imidazole rings is 1. The van der Waals surface area contributed by atoms with Gasteiger partial charge in [0.25, 0.3) is 0 Å². The van der Waals surface area contributed by atoms with Crippen molar-refractivity contribution in [2.75, 3.05) is 5.32 Å². The van der Waals surface area contributed by atoms with Crippen LogP contribution >= 0.6 is 0 Å². The predicted molar refractivity (Wildman–Crippen MR) is 66.3 cm³/mol. The van der Waals surface area contributed by atoms with Gasteiger partial charge in [0.05, 0.1) is 12.2 Å². The van der Waals surface area contributed by atoms with E-state index in [1.165, 1.54) is 19.1 Å². The molecule has 0 aliphatic carbocycles. The van der Waals surface area contributed by atoms with Gasteiger partial charge in [-0.1, -0.05) is 0 Å². The Labute approximate surface area is 104 Å². The number of hydrogen-bond acceptors (Lipinski definition) is 2. The van der Waals surface area contributed by atoms with Crippen LogP contribution in [-0.4, -0.2) is 9.55 Å². The zero-order valence-corrected chi connectivity index (χ0v) is 10.4. The number of nitrogens with one attached hydrogen (secondary N) is 1. The summed E-state index contributed by atoms with van der Waals surface area (Å²) < 4.78 is 28.9. The van der Waals surface area contributed by atoms with Gasteiger partial charge < -0.3 is 9.88 Å². The SMILES string of the molecule is CCn1ccnc1CNc1cc(F)c(C)cc1F. The van der Waals surface area contributed by atoms with Crippen LogP contribution in [0.2, 0.25) is 0 Å². The van der Waals surface area contributed by atoms with E-state index >= 15 is 0 Å². The van der Waals surface area contributed by atoms with E-state index in [0.29, 0.717) is 12.1 Å². The molecule has 0 fully saturated rings. The molecule has 0 unspecified atom stereocenters. The third kappa shape index (κ3) is 2.50. The summed E-state index contributed by atoms with van der Waals surface area (Å²) in [5.74, 6) is -0.0841. The van der Waals surface area contributed by atoms with Gasteiger partial charge in [0.15, 0.2) is 0 Å². The molecule has 0 aliphatic heterocycles. The minimum absolute atomic E-state index is 0.156. The number of aryl methyl sites for hydroxylation is 2. The van der Waals surface area contributed by atoms with Gasteiger partial charge in [0.2, 0.25) is 0 Å². The molecule has 1 N–H and O–H groups in total. The van der Waals surface area contributed by atoms with E-state index in [4.69, 9.17) is 0 Å². The second-order valence-corrected chi connectivity index (χ2v) is 4.06. The Kier molecular flexibility index (Phi) is 3.60. The summed E-state index contributed by atoms with van der Waals surface area (Å²) in [6.45, 7) is 4.69. The second kappa shape index (κ2) is 5.16. The Morgan fingerprint density at radius 2 is 2.06 bits per heavy atom. The molecule has 0 spiro atoms. The first-order chi connectivity index (χ1) is 8.61. The molecular weight excluding hydrogens is 236 g/mol. The summed E-state index contributed by atoms with van der Waals surface area (Å²) in [6.07, 6.45) is 3.54. The Morgan fingerprint density at radius 3 is 2.78 bits per heavy atom. The average molecular weight is 251 g/mol. The monoisotopic (exact) mass is 251 g/mol. The van der Waals surface area contributed by atoms with Crippen molar-refractivity contribution in [2.24, 2.45) is 0 Å². The topological polar surface area (TPSA) is 29.9 Å². The maximum Gasteiger partial charge on any atom is 0.146 e. The molecule has 1 heterocycles. The Balaban J connectivity index is 2.13. The number of nitrogens with zero attached hydrogens (tertiary/aromatic N) is 2. The van der Waals surface area contributed by atoms with Crippen molar-refractivity contribution in [3.63, 3.8) is 0 Å². The standard InChI is InChI=1S/C13H15F2N3/c1-3-18-5-4-16-13(18)8-17-12-7-10(14)9(2)6-11(12)15/h4-7,17H,3,8H2,1-2H3. The molecule has 0 atom stereocenters. The van der Waals surface area contributed by atoms with Gasteiger partial charge in [-0.15, -0.1) is 0 Å². The summed E-state index contributed by atoms with van der Waals surface area (Å²) in [7, 11) is 0. The summed E-state index contributed by atoms with van der Waals surface area (Å²) in [6, 6.07) is 2.36. The summed E-state index contributed by atoms with van der Waals surface area (Å²) in [5.41, 5.74) is 0.455. The molecule has 1 aromatic heterocycles. The van der Waals surface area contributed by atoms with Gasteiger partial charge >= 0.3 is 0 Å². The third-order valence-corrected chi connectivity index (χ3v) is 2.83. The van der Waals surface area contributed by atoms with Crippen molar-refractivity contribution in [3.8, 4) is 0 Å². The minimum atomic E-state index is -0.455. The molecule has 5 heteroatoms. The lowest BCUT2D eigenvalue weighted by Gasteiger charge is -2.09. The van der Waals surface area contributed by atoms with Crippen LogP contribution in [-0.2, 0) is 13.1 Å². The van der Waals surface area contributed by atoms with E-state index in [0.717, 1.165) is 12.4 Å². The quantitative estimate of drug-likeness (QED) is 0.904. The Bertz CT molecular complexity index is 549. The smallest absolute Gasteiger partial charge is 0.146 e. The number of hydrogen-bond donors (Lipinski definition) is 1. The lowest BCUT2D eigenvalue weighted by Crippen LogP contribution is -2.08. The zero-order valence-electron chi connectivity index (χ0n) is 10.4. The molecule has 0 amide bonds. The number of benzene rings is 1. The zero-order chi connectivity index (χ0) is 13.1. The molecule has 18 heavy (non-hydrogen) atoms. The maximum atomic E-state index is 13.6. The number of rotatable bonds is 4. The van der Waals surface area contributed by atoms with Crippen LogP contribution in [0.25, 0.3) is 0 Å². The fourth-order valence-corrected chi connectivity index (χ4v) is 1.75. The number of halogens is 2. The fourth-order valence-electron chi connectivity index (χ4n) is 1.75. The minimum Gasteiger partial charge on any atom is -0.375 e. The first kappa shape index (κ1) is 12.5. The van der Waals surface area contributed by atoms with Gasteiger partial charge in [0, 0.05) is 25.0 Å². The van der Waals surface area contributed by atoms with Crippen LogP contribution < -0.4 is 5.32 Å². The lowest BCUT2D eigenvalue weighted by atomic mass is 10.2. The predicted octanol–water partition coefficient (Wildman–Crippen LogP) is 3.10. The molecule has 2 aromatic rings. The van der Waals surface area contributed by atoms with Crippen molar-refractivity contribution in [1.82, 2.24) is 9.55 Å². The van der Waals surface area contributed by atoms with Crippen LogP contribution in [0.5, 0.6) is 0 Å². The molecule has 1 aromatic carbocycles. The number of aromatic nitrogens is 2. The van der Waals surface area contributed by atoms with Gasteiger partial charge in [0.1, 0.15) is 17.5 Å². The van der Waals surface area contributed by atoms with E-state index in [1.807, 2.05) is 17.7 Å². The molecule has 2 rings (SSSR count). The van der Waals surface area contributed by atoms with Crippen LogP contribution in [0.3, 0.4) is 0 Å². The van der Waals surface area contributed by atoms with Crippen molar-refractivity contribution in [1.29, 1.82) is 0 Å². The van der Waals surface area contributed by atoms with Crippen LogP contribution in [0, 0.1) is 18.6 Å². The fraction of sp³-hybridized carbons (Fsp3) is 0.308. The second-order valence-electron chi connectivity index (χ2n) is 4.06. The molecule has 0 saturated heterocycles. The van der Waals surface area contributed by atoms with Gasteiger partial charge in [-0.2, -0.15) is 0 Å². The molecule has 0 bridgehead atoms. The Hall–Kier alpha value is -1.91. The van der Waals surface area contributed by atoms with Crippen LogP contribution in [0.4, 0.5) is 14.5 Å². The Morgan fingerprint density at radius 1 is 1.28 bits per heavy atom. The summed E-state index contributed by atoms with van der Waals surface area (Å²) in [4.78, 5) is 4.16. The molecular formula is C13H15F2N3. The highest BCUT2D eigenvalue weighted by atomic mass is 19.1. The normalized spacial score (nSPS) is 10.7. The van der Waals surface area contributed by atoms with E-state index in [2.05, 4.69) is 10.3 Å². The summed E-state index contributed by atoms with van der Waals surface area (Å²) >= 11 is 0. The average Bonchev–Trinajstić information content (AvgIpc) is 2.79. The summed E-state index contributed by atoms with van der Waals surface area (Å²) in [5, 5.41) is 2.86. The highest BCUT2D eigenvalue weighted by Crippen LogP contribution is 2.19. The van der Waals surface area contributed by atoms with Crippen molar-refractivity contribution >= 4 is 5.69 Å². The van der Waals surface area contributed by atoms with Gasteiger partial charge in [-0.05, 0) is 25.5 Å². The van der Waals surface area contributed by atoms with Crippen molar-refractivity contribution in [3.05, 3.63) is 47.5 Å². The van der Waals surface area contributed by atoms with Gasteiger partial charge in [-0.25, -0.2) is 13.8 Å². The maximum absolute atomic E-state index is 13.6. The van der Waals surface area contributed by atoms with Crippen molar-refractivity contribution < 1.29 is 8.78 Å².